The Hall–Kier alpha value is -1.91. The fourth-order valence-corrected chi connectivity index (χ4v) is 2.45. The minimum atomic E-state index is -3.93. The highest BCUT2D eigenvalue weighted by Crippen LogP contribution is 2.25. The predicted molar refractivity (Wildman–Crippen MR) is 61.7 cm³/mol. The Labute approximate surface area is 99.1 Å². The van der Waals surface area contributed by atoms with Gasteiger partial charge >= 0.3 is 0 Å². The van der Waals surface area contributed by atoms with Crippen molar-refractivity contribution in [2.24, 2.45) is 0 Å². The van der Waals surface area contributed by atoms with Crippen LogP contribution in [0.25, 0.3) is 0 Å². The number of nitrogens with zero attached hydrogens (tertiary/aromatic N) is 2. The topological polar surface area (TPSA) is 80.5 Å². The van der Waals surface area contributed by atoms with Crippen molar-refractivity contribution < 1.29 is 13.3 Å². The highest BCUT2D eigenvalue weighted by Gasteiger charge is 2.28. The zero-order chi connectivity index (χ0) is 13.1. The summed E-state index contributed by atoms with van der Waals surface area (Å²) in [5, 5.41) is 10.7. The van der Waals surface area contributed by atoms with Gasteiger partial charge in [-0.05, 0) is 6.07 Å². The highest BCUT2D eigenvalue weighted by molar-refractivity contribution is 7.89. The van der Waals surface area contributed by atoms with E-state index in [1.807, 2.05) is 0 Å². The fourth-order valence-electron chi connectivity index (χ4n) is 1.21. The SMILES string of the molecule is C#CCN(C)S(=O)(=O)c1ccccc1[N+](=O)[O-]. The minimum Gasteiger partial charge on any atom is -0.258 e. The van der Waals surface area contributed by atoms with E-state index in [9.17, 15) is 18.5 Å². The third kappa shape index (κ3) is 2.61. The molecule has 0 atom stereocenters. The van der Waals surface area contributed by atoms with Gasteiger partial charge in [0.05, 0.1) is 11.5 Å². The molecule has 1 aromatic rings. The molecule has 0 spiro atoms. The van der Waals surface area contributed by atoms with E-state index in [-0.39, 0.29) is 11.4 Å². The highest BCUT2D eigenvalue weighted by atomic mass is 32.2. The summed E-state index contributed by atoms with van der Waals surface area (Å²) in [6.07, 6.45) is 5.01. The number of para-hydroxylation sites is 1. The van der Waals surface area contributed by atoms with Crippen LogP contribution in [0.2, 0.25) is 0 Å². The van der Waals surface area contributed by atoms with E-state index in [1.54, 1.807) is 0 Å². The van der Waals surface area contributed by atoms with E-state index in [0.29, 0.717) is 0 Å². The van der Waals surface area contributed by atoms with Gasteiger partial charge < -0.3 is 0 Å². The Morgan fingerprint density at radius 2 is 2.06 bits per heavy atom. The number of hydrogen-bond donors (Lipinski definition) is 0. The van der Waals surface area contributed by atoms with Crippen LogP contribution in [0.15, 0.2) is 29.2 Å². The summed E-state index contributed by atoms with van der Waals surface area (Å²) in [6, 6.07) is 5.14. The van der Waals surface area contributed by atoms with Crippen molar-refractivity contribution in [1.82, 2.24) is 4.31 Å². The number of nitro benzene ring substituents is 1. The predicted octanol–water partition coefficient (Wildman–Crippen LogP) is 0.849. The molecule has 0 unspecified atom stereocenters. The molecule has 0 amide bonds. The normalized spacial score (nSPS) is 11.1. The molecule has 0 N–H and O–H groups in total. The fraction of sp³-hybridized carbons (Fsp3) is 0.200. The first-order valence-electron chi connectivity index (χ1n) is 4.54. The maximum atomic E-state index is 12.0. The van der Waals surface area contributed by atoms with Gasteiger partial charge in [-0.15, -0.1) is 6.42 Å². The molecule has 0 aliphatic heterocycles. The van der Waals surface area contributed by atoms with Gasteiger partial charge in [0.2, 0.25) is 0 Å². The van der Waals surface area contributed by atoms with E-state index >= 15 is 0 Å². The molecular weight excluding hydrogens is 244 g/mol. The molecule has 0 saturated carbocycles. The van der Waals surface area contributed by atoms with Crippen LogP contribution < -0.4 is 0 Å². The Balaban J connectivity index is 3.35. The van der Waals surface area contributed by atoms with Gasteiger partial charge in [-0.2, -0.15) is 4.31 Å². The quantitative estimate of drug-likeness (QED) is 0.453. The maximum Gasteiger partial charge on any atom is 0.289 e. The summed E-state index contributed by atoms with van der Waals surface area (Å²) >= 11 is 0. The van der Waals surface area contributed by atoms with E-state index in [2.05, 4.69) is 5.92 Å². The van der Waals surface area contributed by atoms with Crippen LogP contribution in [0, 0.1) is 22.5 Å². The van der Waals surface area contributed by atoms with Crippen LogP contribution in [-0.4, -0.2) is 31.2 Å². The van der Waals surface area contributed by atoms with Gasteiger partial charge in [0.25, 0.3) is 15.7 Å². The van der Waals surface area contributed by atoms with Crippen molar-refractivity contribution in [3.05, 3.63) is 34.4 Å². The first-order chi connectivity index (χ1) is 7.91. The molecule has 1 rings (SSSR count). The Kier molecular flexibility index (Phi) is 3.83. The Morgan fingerprint density at radius 1 is 1.47 bits per heavy atom. The molecule has 0 saturated heterocycles. The van der Waals surface area contributed by atoms with Crippen molar-refractivity contribution >= 4 is 15.7 Å². The van der Waals surface area contributed by atoms with Crippen molar-refractivity contribution in [2.75, 3.05) is 13.6 Å². The molecule has 0 fully saturated rings. The third-order valence-electron chi connectivity index (χ3n) is 2.06. The van der Waals surface area contributed by atoms with Crippen molar-refractivity contribution in [2.45, 2.75) is 4.90 Å². The summed E-state index contributed by atoms with van der Waals surface area (Å²) in [7, 11) is -2.66. The minimum absolute atomic E-state index is 0.144. The van der Waals surface area contributed by atoms with Gasteiger partial charge in [-0.1, -0.05) is 18.1 Å². The summed E-state index contributed by atoms with van der Waals surface area (Å²) in [6.45, 7) is -0.144. The zero-order valence-corrected chi connectivity index (χ0v) is 9.85. The lowest BCUT2D eigenvalue weighted by molar-refractivity contribution is -0.387. The monoisotopic (exact) mass is 254 g/mol. The van der Waals surface area contributed by atoms with Crippen LogP contribution >= 0.6 is 0 Å². The standard InChI is InChI=1S/C10H10N2O4S/c1-3-8-11(2)17(15,16)10-7-5-4-6-9(10)12(13)14/h1,4-7H,8H2,2H3. The lowest BCUT2D eigenvalue weighted by Crippen LogP contribution is -2.27. The van der Waals surface area contributed by atoms with Gasteiger partial charge in [0.15, 0.2) is 4.90 Å². The molecule has 0 heterocycles. The van der Waals surface area contributed by atoms with Crippen molar-refractivity contribution in [1.29, 1.82) is 0 Å². The van der Waals surface area contributed by atoms with Gasteiger partial charge in [0, 0.05) is 13.1 Å². The largest absolute Gasteiger partial charge is 0.289 e. The average molecular weight is 254 g/mol. The molecule has 0 aliphatic rings. The van der Waals surface area contributed by atoms with Gasteiger partial charge in [-0.25, -0.2) is 8.42 Å². The Morgan fingerprint density at radius 3 is 2.59 bits per heavy atom. The lowest BCUT2D eigenvalue weighted by Gasteiger charge is -2.13. The second-order valence-electron chi connectivity index (χ2n) is 3.19. The van der Waals surface area contributed by atoms with E-state index in [4.69, 9.17) is 6.42 Å². The average Bonchev–Trinajstić information content (AvgIpc) is 2.29. The van der Waals surface area contributed by atoms with Crippen molar-refractivity contribution in [3.63, 3.8) is 0 Å². The molecular formula is C10H10N2O4S. The second kappa shape index (κ2) is 4.95. The molecule has 0 aromatic heterocycles. The van der Waals surface area contributed by atoms with E-state index in [1.165, 1.54) is 25.2 Å². The first kappa shape index (κ1) is 13.2. The van der Waals surface area contributed by atoms with Crippen LogP contribution in [0.1, 0.15) is 0 Å². The van der Waals surface area contributed by atoms with Gasteiger partial charge in [0.1, 0.15) is 0 Å². The summed E-state index contributed by atoms with van der Waals surface area (Å²) in [5.74, 6) is 2.17. The summed E-state index contributed by atoms with van der Waals surface area (Å²) in [4.78, 5) is 9.63. The number of hydrogen-bond acceptors (Lipinski definition) is 4. The number of rotatable bonds is 4. The van der Waals surface area contributed by atoms with Crippen LogP contribution in [-0.2, 0) is 10.0 Å². The molecule has 0 aliphatic carbocycles. The van der Waals surface area contributed by atoms with Crippen LogP contribution in [0.5, 0.6) is 0 Å². The molecule has 7 heteroatoms. The first-order valence-corrected chi connectivity index (χ1v) is 5.98. The molecule has 90 valence electrons. The van der Waals surface area contributed by atoms with E-state index < -0.39 is 20.6 Å². The number of nitro groups is 1. The number of benzene rings is 1. The van der Waals surface area contributed by atoms with Crippen molar-refractivity contribution in [3.8, 4) is 12.3 Å². The smallest absolute Gasteiger partial charge is 0.258 e. The molecule has 1 aromatic carbocycles. The third-order valence-corrected chi connectivity index (χ3v) is 3.91. The second-order valence-corrected chi connectivity index (χ2v) is 5.20. The lowest BCUT2D eigenvalue weighted by atomic mass is 10.3. The summed E-state index contributed by atoms with van der Waals surface area (Å²) in [5.41, 5.74) is -0.462. The summed E-state index contributed by atoms with van der Waals surface area (Å²) < 4.78 is 24.8. The molecule has 0 radical (unpaired) electrons. The molecule has 6 nitrogen and oxygen atoms in total. The number of terminal acetylenes is 1. The van der Waals surface area contributed by atoms with Crippen LogP contribution in [0.4, 0.5) is 5.69 Å². The number of sulfonamides is 1. The van der Waals surface area contributed by atoms with E-state index in [0.717, 1.165) is 10.4 Å². The molecule has 17 heavy (non-hydrogen) atoms. The Bertz CT molecular complexity index is 574. The molecule has 0 bridgehead atoms. The zero-order valence-electron chi connectivity index (χ0n) is 9.03. The van der Waals surface area contributed by atoms with Crippen LogP contribution in [0.3, 0.4) is 0 Å². The van der Waals surface area contributed by atoms with Gasteiger partial charge in [-0.3, -0.25) is 10.1 Å². The maximum absolute atomic E-state index is 12.0.